The summed E-state index contributed by atoms with van der Waals surface area (Å²) in [4.78, 5) is 20.9. The highest BCUT2D eigenvalue weighted by atomic mass is 35.5. The Morgan fingerprint density at radius 3 is 2.70 bits per heavy atom. The van der Waals surface area contributed by atoms with E-state index in [4.69, 9.17) is 17.3 Å². The second-order valence-corrected chi connectivity index (χ2v) is 8.43. The quantitative estimate of drug-likeness (QED) is 0.570. The zero-order valence-corrected chi connectivity index (χ0v) is 17.9. The third-order valence-electron chi connectivity index (χ3n) is 5.59. The molecule has 1 aliphatic carbocycles. The second-order valence-electron chi connectivity index (χ2n) is 8.02. The average molecular weight is 425 g/mol. The maximum atomic E-state index is 12.0. The molecule has 2 aromatic heterocycles. The molecule has 1 aromatic carbocycles. The Bertz CT molecular complexity index is 1070. The maximum Gasteiger partial charge on any atom is 0.228 e. The van der Waals surface area contributed by atoms with E-state index in [9.17, 15) is 4.79 Å². The first-order chi connectivity index (χ1) is 14.4. The summed E-state index contributed by atoms with van der Waals surface area (Å²) in [6, 6.07) is 8.27. The molecule has 1 saturated carbocycles. The minimum Gasteiger partial charge on any atom is -0.369 e. The molecule has 0 aliphatic heterocycles. The van der Waals surface area contributed by atoms with Gasteiger partial charge < -0.3 is 11.1 Å². The van der Waals surface area contributed by atoms with Crippen molar-refractivity contribution >= 4 is 29.1 Å². The van der Waals surface area contributed by atoms with Crippen molar-refractivity contribution in [1.29, 1.82) is 0 Å². The van der Waals surface area contributed by atoms with Crippen molar-refractivity contribution < 1.29 is 4.79 Å². The van der Waals surface area contributed by atoms with Gasteiger partial charge in [0.25, 0.3) is 0 Å². The normalized spacial score (nSPS) is 14.7. The van der Waals surface area contributed by atoms with Crippen LogP contribution in [0.5, 0.6) is 0 Å². The molecule has 30 heavy (non-hydrogen) atoms. The number of amides is 1. The van der Waals surface area contributed by atoms with Gasteiger partial charge in [0.1, 0.15) is 0 Å². The van der Waals surface area contributed by atoms with Crippen molar-refractivity contribution in [3.05, 3.63) is 64.7 Å². The molecule has 1 fully saturated rings. The van der Waals surface area contributed by atoms with Crippen molar-refractivity contribution in [3.8, 4) is 0 Å². The smallest absolute Gasteiger partial charge is 0.228 e. The Morgan fingerprint density at radius 2 is 2.03 bits per heavy atom. The molecule has 8 heteroatoms. The fraction of sp³-hybridized carbons (Fsp3) is 0.364. The van der Waals surface area contributed by atoms with E-state index in [1.807, 2.05) is 35.1 Å². The van der Waals surface area contributed by atoms with Crippen molar-refractivity contribution in [2.75, 3.05) is 5.32 Å². The highest BCUT2D eigenvalue weighted by Gasteiger charge is 2.50. The van der Waals surface area contributed by atoms with Gasteiger partial charge >= 0.3 is 0 Å². The standard InChI is InChI=1S/C22H25ClN6O/c1-14(2)29-13-16(11-26-29)27-21-25-12-18(23)19(28-21)8-7-15-5-3-4-6-17(15)22(9-10-22)20(24)30/h3-6,11-14H,7-10H2,1-2H3,(H2,24,30)(H,25,27,28). The molecule has 0 spiro atoms. The van der Waals surface area contributed by atoms with Crippen LogP contribution in [0.15, 0.2) is 42.9 Å². The Hall–Kier alpha value is -2.93. The second kappa shape index (κ2) is 8.07. The van der Waals surface area contributed by atoms with Crippen LogP contribution < -0.4 is 11.1 Å². The monoisotopic (exact) mass is 424 g/mol. The van der Waals surface area contributed by atoms with Gasteiger partial charge in [-0.05, 0) is 50.7 Å². The van der Waals surface area contributed by atoms with Gasteiger partial charge in [-0.1, -0.05) is 35.9 Å². The van der Waals surface area contributed by atoms with Crippen LogP contribution in [0.1, 0.15) is 49.6 Å². The number of benzene rings is 1. The molecule has 0 bridgehead atoms. The van der Waals surface area contributed by atoms with Gasteiger partial charge in [-0.2, -0.15) is 5.10 Å². The molecule has 1 amide bonds. The van der Waals surface area contributed by atoms with Crippen molar-refractivity contribution in [2.45, 2.75) is 51.0 Å². The van der Waals surface area contributed by atoms with Gasteiger partial charge in [-0.25, -0.2) is 9.97 Å². The maximum absolute atomic E-state index is 12.0. The summed E-state index contributed by atoms with van der Waals surface area (Å²) >= 11 is 6.36. The largest absolute Gasteiger partial charge is 0.369 e. The molecular formula is C22H25ClN6O. The molecular weight excluding hydrogens is 400 g/mol. The number of hydrogen-bond acceptors (Lipinski definition) is 5. The van der Waals surface area contributed by atoms with Crippen LogP contribution in [0.2, 0.25) is 5.02 Å². The molecule has 3 N–H and O–H groups in total. The van der Waals surface area contributed by atoms with Crippen LogP contribution in [0.25, 0.3) is 0 Å². The van der Waals surface area contributed by atoms with Crippen LogP contribution in [-0.4, -0.2) is 25.7 Å². The number of carbonyl (C=O) groups excluding carboxylic acids is 1. The van der Waals surface area contributed by atoms with Crippen LogP contribution in [0, 0.1) is 0 Å². The summed E-state index contributed by atoms with van der Waals surface area (Å²) in [6.45, 7) is 4.13. The zero-order chi connectivity index (χ0) is 21.3. The summed E-state index contributed by atoms with van der Waals surface area (Å²) in [6.07, 6.45) is 8.23. The van der Waals surface area contributed by atoms with E-state index in [1.165, 1.54) is 0 Å². The Kier molecular flexibility index (Phi) is 5.47. The van der Waals surface area contributed by atoms with E-state index in [1.54, 1.807) is 12.4 Å². The lowest BCUT2D eigenvalue weighted by Gasteiger charge is -2.16. The summed E-state index contributed by atoms with van der Waals surface area (Å²) in [5.74, 6) is 0.227. The lowest BCUT2D eigenvalue weighted by Crippen LogP contribution is -2.29. The number of nitrogens with two attached hydrogens (primary N) is 1. The molecule has 0 saturated heterocycles. The minimum absolute atomic E-state index is 0.247. The zero-order valence-electron chi connectivity index (χ0n) is 17.1. The predicted molar refractivity (Wildman–Crippen MR) is 117 cm³/mol. The van der Waals surface area contributed by atoms with Crippen LogP contribution in [-0.2, 0) is 23.1 Å². The first kappa shape index (κ1) is 20.3. The number of hydrogen-bond donors (Lipinski definition) is 2. The minimum atomic E-state index is -0.505. The number of halogens is 1. The van der Waals surface area contributed by atoms with Crippen molar-refractivity contribution in [2.24, 2.45) is 5.73 Å². The number of carbonyl (C=O) groups is 1. The first-order valence-corrected chi connectivity index (χ1v) is 10.5. The number of rotatable bonds is 8. The van der Waals surface area contributed by atoms with E-state index < -0.39 is 5.41 Å². The van der Waals surface area contributed by atoms with Gasteiger partial charge in [0, 0.05) is 12.2 Å². The van der Waals surface area contributed by atoms with Gasteiger partial charge in [0.15, 0.2) is 0 Å². The molecule has 1 aliphatic rings. The van der Waals surface area contributed by atoms with Crippen LogP contribution >= 0.6 is 11.6 Å². The number of nitrogens with zero attached hydrogens (tertiary/aromatic N) is 4. The molecule has 3 aromatic rings. The summed E-state index contributed by atoms with van der Waals surface area (Å²) < 4.78 is 1.86. The topological polar surface area (TPSA) is 98.7 Å². The van der Waals surface area contributed by atoms with E-state index in [0.717, 1.165) is 35.3 Å². The fourth-order valence-corrected chi connectivity index (χ4v) is 3.87. The number of aromatic nitrogens is 4. The summed E-state index contributed by atoms with van der Waals surface area (Å²) in [5, 5.41) is 8.02. The van der Waals surface area contributed by atoms with Crippen LogP contribution in [0.3, 0.4) is 0 Å². The van der Waals surface area contributed by atoms with Gasteiger partial charge in [0.05, 0.1) is 34.2 Å². The van der Waals surface area contributed by atoms with E-state index in [0.29, 0.717) is 23.8 Å². The van der Waals surface area contributed by atoms with E-state index in [2.05, 4.69) is 34.2 Å². The average Bonchev–Trinajstić information content (AvgIpc) is 3.41. The summed E-state index contributed by atoms with van der Waals surface area (Å²) in [5.41, 5.74) is 8.89. The van der Waals surface area contributed by atoms with Gasteiger partial charge in [-0.3, -0.25) is 9.48 Å². The SMILES string of the molecule is CC(C)n1cc(Nc2ncc(Cl)c(CCc3ccccc3C3(C(N)=O)CC3)n2)cn1. The Balaban J connectivity index is 1.51. The predicted octanol–water partition coefficient (Wildman–Crippen LogP) is 3.95. The fourth-order valence-electron chi connectivity index (χ4n) is 3.68. The third kappa shape index (κ3) is 4.03. The number of anilines is 2. The summed E-state index contributed by atoms with van der Waals surface area (Å²) in [7, 11) is 0. The molecule has 2 heterocycles. The molecule has 156 valence electrons. The van der Waals surface area contributed by atoms with Crippen molar-refractivity contribution in [1.82, 2.24) is 19.7 Å². The highest BCUT2D eigenvalue weighted by Crippen LogP contribution is 2.49. The van der Waals surface area contributed by atoms with Gasteiger partial charge in [0.2, 0.25) is 11.9 Å². The molecule has 4 rings (SSSR count). The van der Waals surface area contributed by atoms with Crippen LogP contribution in [0.4, 0.5) is 11.6 Å². The molecule has 0 radical (unpaired) electrons. The number of nitrogens with one attached hydrogen (secondary N) is 1. The third-order valence-corrected chi connectivity index (χ3v) is 5.90. The molecule has 0 atom stereocenters. The lowest BCUT2D eigenvalue weighted by atomic mass is 9.88. The number of primary amides is 1. The van der Waals surface area contributed by atoms with E-state index in [-0.39, 0.29) is 11.9 Å². The molecule has 7 nitrogen and oxygen atoms in total. The van der Waals surface area contributed by atoms with E-state index >= 15 is 0 Å². The van der Waals surface area contributed by atoms with Gasteiger partial charge in [-0.15, -0.1) is 0 Å². The Labute approximate surface area is 180 Å². The molecule has 0 unspecified atom stereocenters. The first-order valence-electron chi connectivity index (χ1n) is 10.1. The number of aryl methyl sites for hydroxylation is 2. The highest BCUT2D eigenvalue weighted by molar-refractivity contribution is 6.31. The Morgan fingerprint density at radius 1 is 1.27 bits per heavy atom. The lowest BCUT2D eigenvalue weighted by molar-refractivity contribution is -0.120. The van der Waals surface area contributed by atoms with Crippen molar-refractivity contribution in [3.63, 3.8) is 0 Å².